The molecule has 2 unspecified atom stereocenters. The Morgan fingerprint density at radius 1 is 1.21 bits per heavy atom. The van der Waals surface area contributed by atoms with Gasteiger partial charge < -0.3 is 19.8 Å². The Morgan fingerprint density at radius 3 is 2.72 bits per heavy atom. The van der Waals surface area contributed by atoms with Crippen LogP contribution in [0, 0.1) is 0 Å². The maximum Gasteiger partial charge on any atom is 0.295 e. The molecule has 2 atom stereocenters. The van der Waals surface area contributed by atoms with Crippen molar-refractivity contribution < 1.29 is 24.5 Å². The lowest BCUT2D eigenvalue weighted by molar-refractivity contribution is -0.139. The summed E-state index contributed by atoms with van der Waals surface area (Å²) in [4.78, 5) is 27.0. The van der Waals surface area contributed by atoms with Crippen LogP contribution >= 0.6 is 0 Å². The molecule has 0 bridgehead atoms. The molecule has 6 nitrogen and oxygen atoms in total. The number of carbonyl (C=O) groups excluding carboxylic acids is 2. The molecule has 6 heteroatoms. The second-order valence-electron chi connectivity index (χ2n) is 7.54. The number of aliphatic hydroxyl groups is 1. The molecular formula is C23H23NO5. The van der Waals surface area contributed by atoms with Crippen molar-refractivity contribution in [3.63, 3.8) is 0 Å². The van der Waals surface area contributed by atoms with Crippen molar-refractivity contribution in [2.45, 2.75) is 38.8 Å². The van der Waals surface area contributed by atoms with Crippen molar-refractivity contribution in [1.29, 1.82) is 0 Å². The number of amides is 1. The monoisotopic (exact) mass is 393 g/mol. The van der Waals surface area contributed by atoms with Crippen molar-refractivity contribution >= 4 is 17.4 Å². The minimum atomic E-state index is -0.745. The minimum absolute atomic E-state index is 0.0354. The summed E-state index contributed by atoms with van der Waals surface area (Å²) in [5, 5.41) is 21.0. The number of ketones is 1. The van der Waals surface area contributed by atoms with Crippen LogP contribution in [0.4, 0.5) is 0 Å². The van der Waals surface area contributed by atoms with Crippen molar-refractivity contribution in [3.8, 4) is 11.5 Å². The van der Waals surface area contributed by atoms with Gasteiger partial charge >= 0.3 is 0 Å². The lowest BCUT2D eigenvalue weighted by Crippen LogP contribution is -2.30. The van der Waals surface area contributed by atoms with Crippen LogP contribution < -0.4 is 4.74 Å². The van der Waals surface area contributed by atoms with Gasteiger partial charge in [-0.05, 0) is 54.8 Å². The highest BCUT2D eigenvalue weighted by atomic mass is 16.5. The Kier molecular flexibility index (Phi) is 4.78. The first kappa shape index (κ1) is 19.1. The molecule has 0 spiro atoms. The van der Waals surface area contributed by atoms with E-state index in [0.717, 1.165) is 17.7 Å². The summed E-state index contributed by atoms with van der Waals surface area (Å²) in [5.74, 6) is -0.759. The number of benzene rings is 2. The molecule has 2 N–H and O–H groups in total. The molecule has 0 radical (unpaired) electrons. The van der Waals surface area contributed by atoms with Crippen LogP contribution in [0.1, 0.15) is 43.0 Å². The van der Waals surface area contributed by atoms with Crippen LogP contribution in [-0.4, -0.2) is 39.5 Å². The summed E-state index contributed by atoms with van der Waals surface area (Å²) < 4.78 is 5.70. The number of hydrogen-bond donors (Lipinski definition) is 2. The number of phenolic OH excluding ortho intramolecular Hbond substituents is 1. The number of likely N-dealkylation sites (tertiary alicyclic amines) is 1. The van der Waals surface area contributed by atoms with Gasteiger partial charge in [0, 0.05) is 18.5 Å². The Morgan fingerprint density at radius 2 is 2.00 bits per heavy atom. The van der Waals surface area contributed by atoms with Crippen LogP contribution in [0.25, 0.3) is 5.76 Å². The van der Waals surface area contributed by atoms with Crippen molar-refractivity contribution in [2.24, 2.45) is 0 Å². The largest absolute Gasteiger partial charge is 0.508 e. The lowest BCUT2D eigenvalue weighted by Gasteiger charge is -2.25. The maximum absolute atomic E-state index is 12.9. The highest BCUT2D eigenvalue weighted by molar-refractivity contribution is 6.46. The third-order valence-electron chi connectivity index (χ3n) is 5.36. The summed E-state index contributed by atoms with van der Waals surface area (Å²) in [6, 6.07) is 11.0. The van der Waals surface area contributed by atoms with Crippen LogP contribution in [0.2, 0.25) is 0 Å². The minimum Gasteiger partial charge on any atom is -0.508 e. The molecule has 2 heterocycles. The number of ether oxygens (including phenoxy) is 1. The first-order valence-corrected chi connectivity index (χ1v) is 9.78. The second-order valence-corrected chi connectivity index (χ2v) is 7.54. The fourth-order valence-corrected chi connectivity index (χ4v) is 4.12. The van der Waals surface area contributed by atoms with Gasteiger partial charge in [-0.2, -0.15) is 0 Å². The van der Waals surface area contributed by atoms with E-state index >= 15 is 0 Å². The molecule has 1 saturated heterocycles. The predicted octanol–water partition coefficient (Wildman–Crippen LogP) is 3.55. The van der Waals surface area contributed by atoms with Gasteiger partial charge in [-0.1, -0.05) is 19.1 Å². The predicted molar refractivity (Wildman–Crippen MR) is 108 cm³/mol. The third kappa shape index (κ3) is 3.24. The number of aromatic hydroxyl groups is 1. The molecule has 2 aromatic carbocycles. The van der Waals surface area contributed by atoms with Crippen molar-refractivity contribution in [1.82, 2.24) is 4.90 Å². The zero-order valence-electron chi connectivity index (χ0n) is 16.4. The highest BCUT2D eigenvalue weighted by Gasteiger charge is 2.45. The standard InChI is InChI=1S/C23H23NO5/c1-3-9-24-20(14-5-4-6-17(25)12-14)19(22(27)23(24)28)21(26)15-7-8-18-16(11-15)10-13(2)29-18/h4-8,11-13,20,25-26H,3,9-10H2,1-2H3/b21-19-. The molecule has 150 valence electrons. The molecule has 0 aromatic heterocycles. The van der Waals surface area contributed by atoms with Gasteiger partial charge in [0.15, 0.2) is 0 Å². The lowest BCUT2D eigenvalue weighted by atomic mass is 9.94. The molecule has 29 heavy (non-hydrogen) atoms. The number of phenols is 1. The Balaban J connectivity index is 1.85. The summed E-state index contributed by atoms with van der Waals surface area (Å²) in [5.41, 5.74) is 2.05. The molecule has 1 amide bonds. The zero-order valence-corrected chi connectivity index (χ0v) is 16.4. The van der Waals surface area contributed by atoms with E-state index in [1.165, 1.54) is 17.0 Å². The van der Waals surface area contributed by atoms with Gasteiger partial charge in [0.25, 0.3) is 11.7 Å². The molecule has 0 aliphatic carbocycles. The molecule has 0 saturated carbocycles. The van der Waals surface area contributed by atoms with Gasteiger partial charge in [0.2, 0.25) is 0 Å². The van der Waals surface area contributed by atoms with E-state index in [-0.39, 0.29) is 23.2 Å². The molecule has 2 aromatic rings. The van der Waals surface area contributed by atoms with E-state index in [4.69, 9.17) is 4.74 Å². The average Bonchev–Trinajstić information content (AvgIpc) is 3.18. The van der Waals surface area contributed by atoms with E-state index in [2.05, 4.69) is 0 Å². The number of hydrogen-bond acceptors (Lipinski definition) is 5. The van der Waals surface area contributed by atoms with Gasteiger partial charge in [0.05, 0.1) is 11.6 Å². The van der Waals surface area contributed by atoms with E-state index < -0.39 is 17.7 Å². The van der Waals surface area contributed by atoms with E-state index in [1.54, 1.807) is 30.3 Å². The molecule has 1 fully saturated rings. The second kappa shape index (κ2) is 7.28. The quantitative estimate of drug-likeness (QED) is 0.471. The van der Waals surface area contributed by atoms with Crippen molar-refractivity contribution in [2.75, 3.05) is 6.54 Å². The summed E-state index contributed by atoms with van der Waals surface area (Å²) in [7, 11) is 0. The molecule has 4 rings (SSSR count). The zero-order chi connectivity index (χ0) is 20.7. The van der Waals surface area contributed by atoms with Crippen LogP contribution in [0.3, 0.4) is 0 Å². The van der Waals surface area contributed by atoms with E-state index in [9.17, 15) is 19.8 Å². The maximum atomic E-state index is 12.9. The van der Waals surface area contributed by atoms with Gasteiger partial charge in [-0.3, -0.25) is 9.59 Å². The van der Waals surface area contributed by atoms with Gasteiger partial charge in [-0.25, -0.2) is 0 Å². The number of nitrogens with zero attached hydrogens (tertiary/aromatic N) is 1. The smallest absolute Gasteiger partial charge is 0.295 e. The summed E-state index contributed by atoms with van der Waals surface area (Å²) in [6.45, 7) is 4.26. The number of rotatable bonds is 4. The number of carbonyl (C=O) groups is 2. The molecule has 2 aliphatic rings. The Bertz CT molecular complexity index is 1030. The van der Waals surface area contributed by atoms with Crippen LogP contribution in [0.5, 0.6) is 11.5 Å². The van der Waals surface area contributed by atoms with Gasteiger partial charge in [0.1, 0.15) is 23.4 Å². The third-order valence-corrected chi connectivity index (χ3v) is 5.36. The van der Waals surface area contributed by atoms with E-state index in [0.29, 0.717) is 24.1 Å². The van der Waals surface area contributed by atoms with E-state index in [1.807, 2.05) is 13.8 Å². The van der Waals surface area contributed by atoms with Crippen molar-refractivity contribution in [3.05, 3.63) is 64.7 Å². The molecular weight excluding hydrogens is 370 g/mol. The first-order valence-electron chi connectivity index (χ1n) is 9.78. The SMILES string of the molecule is CCCN1C(=O)C(=O)/C(=C(\O)c2ccc3c(c2)CC(C)O3)C1c1cccc(O)c1. The number of fused-ring (bicyclic) bond motifs is 1. The van der Waals surface area contributed by atoms with Gasteiger partial charge in [-0.15, -0.1) is 0 Å². The summed E-state index contributed by atoms with van der Waals surface area (Å²) >= 11 is 0. The Hall–Kier alpha value is -3.28. The Labute approximate surface area is 169 Å². The fourth-order valence-electron chi connectivity index (χ4n) is 4.12. The van der Waals surface area contributed by atoms with Crippen LogP contribution in [0.15, 0.2) is 48.0 Å². The molecule has 2 aliphatic heterocycles. The average molecular weight is 393 g/mol. The summed E-state index contributed by atoms with van der Waals surface area (Å²) in [6.07, 6.45) is 1.44. The topological polar surface area (TPSA) is 87.1 Å². The van der Waals surface area contributed by atoms with Crippen LogP contribution in [-0.2, 0) is 16.0 Å². The highest BCUT2D eigenvalue weighted by Crippen LogP contribution is 2.41. The number of aliphatic hydroxyl groups excluding tert-OH is 1. The fraction of sp³-hybridized carbons (Fsp3) is 0.304. The number of Topliss-reactive ketones (excluding diaryl/α,β-unsaturated/α-hetero) is 1. The normalized spacial score (nSPS) is 22.6. The first-order chi connectivity index (χ1) is 13.9.